The summed E-state index contributed by atoms with van der Waals surface area (Å²) in [6.07, 6.45) is 0. The second-order valence-electron chi connectivity index (χ2n) is 3.47. The summed E-state index contributed by atoms with van der Waals surface area (Å²) < 4.78 is 28.2. The molecule has 0 amide bonds. The molecule has 0 atom stereocenters. The first-order valence-corrected chi connectivity index (χ1v) is 5.15. The zero-order valence-electron chi connectivity index (χ0n) is 9.19. The molecule has 2 aromatic rings. The number of aliphatic hydroxyl groups is 1. The molecule has 4 nitrogen and oxygen atoms in total. The zero-order chi connectivity index (χ0) is 12.4. The van der Waals surface area contributed by atoms with E-state index in [0.29, 0.717) is 12.4 Å². The van der Waals surface area contributed by atoms with E-state index in [1.54, 1.807) is 0 Å². The average molecular weight is 239 g/mol. The van der Waals surface area contributed by atoms with E-state index in [4.69, 9.17) is 5.11 Å². The second-order valence-corrected chi connectivity index (χ2v) is 3.47. The van der Waals surface area contributed by atoms with E-state index >= 15 is 0 Å². The zero-order valence-corrected chi connectivity index (χ0v) is 9.19. The van der Waals surface area contributed by atoms with Gasteiger partial charge in [-0.15, -0.1) is 10.2 Å². The first-order valence-electron chi connectivity index (χ1n) is 5.15. The van der Waals surface area contributed by atoms with E-state index in [0.717, 1.165) is 18.2 Å². The minimum atomic E-state index is -0.571. The summed E-state index contributed by atoms with van der Waals surface area (Å²) in [6.45, 7) is 1.98. The Bertz CT molecular complexity index is 540. The van der Waals surface area contributed by atoms with Crippen LogP contribution >= 0.6 is 0 Å². The van der Waals surface area contributed by atoms with Gasteiger partial charge in [-0.1, -0.05) is 0 Å². The summed E-state index contributed by atoms with van der Waals surface area (Å²) in [4.78, 5) is 0. The molecule has 0 fully saturated rings. The van der Waals surface area contributed by atoms with Gasteiger partial charge in [0.15, 0.2) is 11.6 Å². The Morgan fingerprint density at radius 1 is 1.29 bits per heavy atom. The summed E-state index contributed by atoms with van der Waals surface area (Å²) in [5.74, 6) is -0.574. The van der Waals surface area contributed by atoms with Crippen LogP contribution in [0.4, 0.5) is 8.78 Å². The first-order chi connectivity index (χ1) is 8.17. The smallest absolute Gasteiger partial charge is 0.167 e. The summed E-state index contributed by atoms with van der Waals surface area (Å²) >= 11 is 0. The fourth-order valence-electron chi connectivity index (χ4n) is 1.65. The van der Waals surface area contributed by atoms with Crippen molar-refractivity contribution in [3.8, 4) is 11.4 Å². The lowest BCUT2D eigenvalue weighted by Gasteiger charge is -2.06. The SMILES string of the molecule is CCn1c(CO)nnc1-c1cc(F)ccc1F. The summed E-state index contributed by atoms with van der Waals surface area (Å²) in [5.41, 5.74) is 0.0408. The number of nitrogens with zero attached hydrogens (tertiary/aromatic N) is 3. The topological polar surface area (TPSA) is 50.9 Å². The third-order valence-corrected chi connectivity index (χ3v) is 2.45. The molecule has 0 aliphatic heterocycles. The van der Waals surface area contributed by atoms with Crippen molar-refractivity contribution in [1.29, 1.82) is 0 Å². The number of aromatic nitrogens is 3. The molecule has 17 heavy (non-hydrogen) atoms. The van der Waals surface area contributed by atoms with Gasteiger partial charge in [-0.05, 0) is 25.1 Å². The van der Waals surface area contributed by atoms with Gasteiger partial charge in [-0.25, -0.2) is 8.78 Å². The molecule has 0 saturated heterocycles. The average Bonchev–Trinajstić information content (AvgIpc) is 2.74. The minimum absolute atomic E-state index is 0.0408. The summed E-state index contributed by atoms with van der Waals surface area (Å²) in [5, 5.41) is 16.5. The molecule has 1 aromatic carbocycles. The highest BCUT2D eigenvalue weighted by molar-refractivity contribution is 5.56. The molecule has 0 aliphatic carbocycles. The van der Waals surface area contributed by atoms with E-state index in [9.17, 15) is 8.78 Å². The highest BCUT2D eigenvalue weighted by atomic mass is 19.1. The predicted molar refractivity (Wildman–Crippen MR) is 57.0 cm³/mol. The molecule has 0 aliphatic rings. The largest absolute Gasteiger partial charge is 0.388 e. The van der Waals surface area contributed by atoms with E-state index in [2.05, 4.69) is 10.2 Å². The van der Waals surface area contributed by atoms with Gasteiger partial charge >= 0.3 is 0 Å². The normalized spacial score (nSPS) is 10.8. The number of benzene rings is 1. The van der Waals surface area contributed by atoms with Crippen molar-refractivity contribution in [3.05, 3.63) is 35.7 Å². The first kappa shape index (κ1) is 11.7. The van der Waals surface area contributed by atoms with E-state index in [-0.39, 0.29) is 18.0 Å². The van der Waals surface area contributed by atoms with Crippen LogP contribution in [0.15, 0.2) is 18.2 Å². The van der Waals surface area contributed by atoms with Gasteiger partial charge in [0.05, 0.1) is 5.56 Å². The Balaban J connectivity index is 2.59. The van der Waals surface area contributed by atoms with Crippen LogP contribution < -0.4 is 0 Å². The van der Waals surface area contributed by atoms with Crippen LogP contribution in [0.25, 0.3) is 11.4 Å². The Hall–Kier alpha value is -1.82. The van der Waals surface area contributed by atoms with Crippen LogP contribution in [0.5, 0.6) is 0 Å². The van der Waals surface area contributed by atoms with Gasteiger partial charge < -0.3 is 9.67 Å². The Morgan fingerprint density at radius 2 is 2.06 bits per heavy atom. The standard InChI is InChI=1S/C11H11F2N3O/c1-2-16-10(6-17)14-15-11(16)8-5-7(12)3-4-9(8)13/h3-5,17H,2,6H2,1H3. The molecule has 0 unspecified atom stereocenters. The number of halogens is 2. The van der Waals surface area contributed by atoms with Crippen molar-refractivity contribution >= 4 is 0 Å². The molecule has 1 aromatic heterocycles. The highest BCUT2D eigenvalue weighted by Crippen LogP contribution is 2.22. The third-order valence-electron chi connectivity index (χ3n) is 2.45. The van der Waals surface area contributed by atoms with Crippen LogP contribution in [-0.4, -0.2) is 19.9 Å². The molecule has 90 valence electrons. The van der Waals surface area contributed by atoms with Gasteiger partial charge in [0.25, 0.3) is 0 Å². The minimum Gasteiger partial charge on any atom is -0.388 e. The Labute approximate surface area is 96.5 Å². The molecular weight excluding hydrogens is 228 g/mol. The second kappa shape index (κ2) is 4.58. The van der Waals surface area contributed by atoms with Gasteiger partial charge in [-0.2, -0.15) is 0 Å². The van der Waals surface area contributed by atoms with Gasteiger partial charge in [0.2, 0.25) is 0 Å². The van der Waals surface area contributed by atoms with E-state index in [1.165, 1.54) is 4.57 Å². The lowest BCUT2D eigenvalue weighted by molar-refractivity contribution is 0.265. The van der Waals surface area contributed by atoms with E-state index in [1.807, 2.05) is 6.92 Å². The van der Waals surface area contributed by atoms with E-state index < -0.39 is 11.6 Å². The molecule has 6 heteroatoms. The highest BCUT2D eigenvalue weighted by Gasteiger charge is 2.15. The monoisotopic (exact) mass is 239 g/mol. The maximum atomic E-state index is 13.6. The fraction of sp³-hybridized carbons (Fsp3) is 0.273. The number of hydrogen-bond acceptors (Lipinski definition) is 3. The quantitative estimate of drug-likeness (QED) is 0.887. The van der Waals surface area contributed by atoms with Crippen molar-refractivity contribution in [2.75, 3.05) is 0 Å². The van der Waals surface area contributed by atoms with Crippen LogP contribution in [0.3, 0.4) is 0 Å². The fourth-order valence-corrected chi connectivity index (χ4v) is 1.65. The van der Waals surface area contributed by atoms with Crippen LogP contribution in [0, 0.1) is 11.6 Å². The molecule has 0 saturated carbocycles. The third kappa shape index (κ3) is 2.03. The molecule has 1 heterocycles. The summed E-state index contributed by atoms with van der Waals surface area (Å²) in [7, 11) is 0. The van der Waals surface area contributed by atoms with Crippen LogP contribution in [0.2, 0.25) is 0 Å². The lowest BCUT2D eigenvalue weighted by atomic mass is 10.2. The molecule has 0 bridgehead atoms. The van der Waals surface area contributed by atoms with Gasteiger partial charge in [0.1, 0.15) is 18.2 Å². The van der Waals surface area contributed by atoms with Gasteiger partial charge in [-0.3, -0.25) is 0 Å². The number of aliphatic hydroxyl groups excluding tert-OH is 1. The van der Waals surface area contributed by atoms with Crippen LogP contribution in [0.1, 0.15) is 12.7 Å². The van der Waals surface area contributed by atoms with Crippen LogP contribution in [-0.2, 0) is 13.2 Å². The number of hydrogen-bond donors (Lipinski definition) is 1. The van der Waals surface area contributed by atoms with Crippen molar-refractivity contribution in [1.82, 2.24) is 14.8 Å². The summed E-state index contributed by atoms with van der Waals surface area (Å²) in [6, 6.07) is 3.14. The predicted octanol–water partition coefficient (Wildman–Crippen LogP) is 1.74. The lowest BCUT2D eigenvalue weighted by Crippen LogP contribution is -2.04. The van der Waals surface area contributed by atoms with Crippen molar-refractivity contribution in [2.45, 2.75) is 20.1 Å². The van der Waals surface area contributed by atoms with Crippen molar-refractivity contribution in [2.24, 2.45) is 0 Å². The maximum Gasteiger partial charge on any atom is 0.167 e. The van der Waals surface area contributed by atoms with Gasteiger partial charge in [0, 0.05) is 6.54 Å². The Kier molecular flexibility index (Phi) is 3.14. The van der Waals surface area contributed by atoms with Crippen molar-refractivity contribution in [3.63, 3.8) is 0 Å². The molecule has 2 rings (SSSR count). The molecule has 1 N–H and O–H groups in total. The van der Waals surface area contributed by atoms with Crippen molar-refractivity contribution < 1.29 is 13.9 Å². The maximum absolute atomic E-state index is 13.6. The molecular formula is C11H11F2N3O. The number of rotatable bonds is 3. The molecule has 0 radical (unpaired) electrons. The Morgan fingerprint density at radius 3 is 2.71 bits per heavy atom. The molecule has 0 spiro atoms.